The highest BCUT2D eigenvalue weighted by Crippen LogP contribution is 2.48. The fraction of sp³-hybridized carbons (Fsp3) is 0.579. The van der Waals surface area contributed by atoms with Crippen molar-refractivity contribution < 1.29 is 28.3 Å². The average Bonchev–Trinajstić information content (AvgIpc) is 2.56. The monoisotopic (exact) mass is 384 g/mol. The maximum absolute atomic E-state index is 11.1. The van der Waals surface area contributed by atoms with Crippen LogP contribution < -0.4 is 9.26 Å². The number of methoxy groups -OCH3 is 2. The Kier molecular flexibility index (Phi) is 6.56. The molecule has 0 saturated heterocycles. The van der Waals surface area contributed by atoms with Crippen LogP contribution in [0.4, 0.5) is 0 Å². The third-order valence-electron chi connectivity index (χ3n) is 5.31. The molecule has 0 spiro atoms. The van der Waals surface area contributed by atoms with Crippen molar-refractivity contribution in [3.8, 4) is 11.5 Å². The minimum atomic E-state index is -4.62. The van der Waals surface area contributed by atoms with Gasteiger partial charge in [-0.3, -0.25) is 9.79 Å². The summed E-state index contributed by atoms with van der Waals surface area (Å²) in [4.78, 5) is 18.1. The zero-order chi connectivity index (χ0) is 18.1. The van der Waals surface area contributed by atoms with Crippen LogP contribution in [0.15, 0.2) is 23.8 Å². The molecule has 6 nitrogen and oxygen atoms in total. The summed E-state index contributed by atoms with van der Waals surface area (Å²) in [6.45, 7) is 0. The van der Waals surface area contributed by atoms with Crippen molar-refractivity contribution in [3.63, 3.8) is 0 Å². The summed E-state index contributed by atoms with van der Waals surface area (Å²) in [6.07, 6.45) is 8.70. The first-order chi connectivity index (χ1) is 11.8. The minimum Gasteiger partial charge on any atom is -0.497 e. The topological polar surface area (TPSA) is 85.2 Å². The van der Waals surface area contributed by atoms with E-state index in [0.717, 1.165) is 37.2 Å². The second-order valence-electron chi connectivity index (χ2n) is 6.89. The fourth-order valence-corrected chi connectivity index (χ4v) is 4.56. The van der Waals surface area contributed by atoms with Gasteiger partial charge in [-0.05, 0) is 61.3 Å². The SMILES string of the molecule is C.COc1cc(C=C2CCC3CCCC2(OC)C3)cc(OP(=O)(O)O)c1. The van der Waals surface area contributed by atoms with Crippen molar-refractivity contribution >= 4 is 13.9 Å². The van der Waals surface area contributed by atoms with Crippen LogP contribution in [0.3, 0.4) is 0 Å². The van der Waals surface area contributed by atoms with Crippen molar-refractivity contribution in [2.75, 3.05) is 14.2 Å². The molecule has 2 bridgehead atoms. The van der Waals surface area contributed by atoms with Gasteiger partial charge in [-0.25, -0.2) is 4.57 Å². The van der Waals surface area contributed by atoms with Crippen LogP contribution in [0, 0.1) is 5.92 Å². The smallest absolute Gasteiger partial charge is 0.497 e. The van der Waals surface area contributed by atoms with E-state index in [2.05, 4.69) is 6.08 Å². The van der Waals surface area contributed by atoms with Crippen LogP contribution in [0.1, 0.15) is 51.5 Å². The van der Waals surface area contributed by atoms with Crippen LogP contribution in [0.5, 0.6) is 11.5 Å². The molecule has 2 saturated carbocycles. The second kappa shape index (κ2) is 8.13. The first kappa shape index (κ1) is 21.0. The highest BCUT2D eigenvalue weighted by molar-refractivity contribution is 7.46. The molecule has 0 amide bonds. The van der Waals surface area contributed by atoms with E-state index in [9.17, 15) is 4.57 Å². The first-order valence-corrected chi connectivity index (χ1v) is 10.1. The molecule has 2 unspecified atom stereocenters. The molecule has 1 aromatic carbocycles. The number of benzene rings is 1. The van der Waals surface area contributed by atoms with E-state index in [4.69, 9.17) is 23.8 Å². The van der Waals surface area contributed by atoms with Crippen molar-refractivity contribution in [3.05, 3.63) is 29.3 Å². The zero-order valence-corrected chi connectivity index (χ0v) is 15.5. The summed E-state index contributed by atoms with van der Waals surface area (Å²) in [5, 5.41) is 0. The Labute approximate surface area is 155 Å². The van der Waals surface area contributed by atoms with Crippen molar-refractivity contribution in [2.45, 2.75) is 51.6 Å². The van der Waals surface area contributed by atoms with Gasteiger partial charge in [-0.1, -0.05) is 19.9 Å². The number of ether oxygens (including phenoxy) is 2. The van der Waals surface area contributed by atoms with Gasteiger partial charge < -0.3 is 14.0 Å². The number of fused-ring (bicyclic) bond motifs is 2. The Morgan fingerprint density at radius 1 is 1.19 bits per heavy atom. The summed E-state index contributed by atoms with van der Waals surface area (Å²) < 4.78 is 27.1. The van der Waals surface area contributed by atoms with Gasteiger partial charge in [-0.15, -0.1) is 0 Å². The lowest BCUT2D eigenvalue weighted by Crippen LogP contribution is -2.42. The summed E-state index contributed by atoms with van der Waals surface area (Å²) in [5.74, 6) is 1.30. The quantitative estimate of drug-likeness (QED) is 0.724. The lowest BCUT2D eigenvalue weighted by Gasteiger charge is -2.46. The molecule has 3 rings (SSSR count). The van der Waals surface area contributed by atoms with Crippen molar-refractivity contribution in [1.82, 2.24) is 0 Å². The van der Waals surface area contributed by atoms with E-state index < -0.39 is 7.82 Å². The average molecular weight is 384 g/mol. The Bertz CT molecular complexity index is 710. The third kappa shape index (κ3) is 4.68. The van der Waals surface area contributed by atoms with E-state index >= 15 is 0 Å². The normalized spacial score (nSPS) is 26.9. The number of rotatable bonds is 5. The van der Waals surface area contributed by atoms with Gasteiger partial charge in [-0.2, -0.15) is 0 Å². The molecule has 1 aromatic rings. The maximum atomic E-state index is 11.1. The Morgan fingerprint density at radius 2 is 1.92 bits per heavy atom. The van der Waals surface area contributed by atoms with Gasteiger partial charge >= 0.3 is 7.82 Å². The second-order valence-corrected chi connectivity index (χ2v) is 8.06. The molecule has 2 N–H and O–H groups in total. The van der Waals surface area contributed by atoms with E-state index in [1.807, 2.05) is 6.07 Å². The molecule has 0 radical (unpaired) electrons. The number of hydrogen-bond acceptors (Lipinski definition) is 4. The lowest BCUT2D eigenvalue weighted by molar-refractivity contribution is -0.0405. The Morgan fingerprint density at radius 3 is 2.58 bits per heavy atom. The minimum absolute atomic E-state index is 0. The summed E-state index contributed by atoms with van der Waals surface area (Å²) in [7, 11) is -1.33. The molecule has 2 atom stereocenters. The van der Waals surface area contributed by atoms with E-state index in [1.54, 1.807) is 13.2 Å². The molecule has 2 aliphatic carbocycles. The summed E-state index contributed by atoms with van der Waals surface area (Å²) in [5.41, 5.74) is 1.81. The van der Waals surface area contributed by atoms with Gasteiger partial charge in [0, 0.05) is 13.2 Å². The van der Waals surface area contributed by atoms with Crippen molar-refractivity contribution in [1.29, 1.82) is 0 Å². The standard InChI is InChI=1S/C18H25O6P.CH4/c1-22-16-9-14(10-17(11-16)24-25(19,20)21)8-15-6-5-13-4-3-7-18(15,12-13)23-2;/h8-11,13H,3-7,12H2,1-2H3,(H2,19,20,21);1H4. The van der Waals surface area contributed by atoms with E-state index in [0.29, 0.717) is 5.75 Å². The predicted octanol–water partition coefficient (Wildman–Crippen LogP) is 4.56. The van der Waals surface area contributed by atoms with Crippen LogP contribution in [-0.4, -0.2) is 29.6 Å². The molecule has 2 aliphatic rings. The number of phosphoric ester groups is 1. The van der Waals surface area contributed by atoms with Gasteiger partial charge in [0.2, 0.25) is 0 Å². The molecule has 26 heavy (non-hydrogen) atoms. The summed E-state index contributed by atoms with van der Waals surface area (Å²) >= 11 is 0. The molecule has 2 fully saturated rings. The third-order valence-corrected chi connectivity index (χ3v) is 5.76. The van der Waals surface area contributed by atoms with Gasteiger partial charge in [0.15, 0.2) is 0 Å². The van der Waals surface area contributed by atoms with E-state index in [1.165, 1.54) is 31.6 Å². The molecular formula is C19H29O6P. The summed E-state index contributed by atoms with van der Waals surface area (Å²) in [6, 6.07) is 4.91. The highest BCUT2D eigenvalue weighted by Gasteiger charge is 2.42. The zero-order valence-electron chi connectivity index (χ0n) is 14.6. The fourth-order valence-electron chi connectivity index (χ4n) is 4.18. The highest BCUT2D eigenvalue weighted by atomic mass is 31.2. The van der Waals surface area contributed by atoms with Crippen LogP contribution >= 0.6 is 7.82 Å². The number of hydrogen-bond donors (Lipinski definition) is 2. The van der Waals surface area contributed by atoms with E-state index in [-0.39, 0.29) is 18.8 Å². The molecule has 0 aromatic heterocycles. The first-order valence-electron chi connectivity index (χ1n) is 8.54. The molecular weight excluding hydrogens is 355 g/mol. The van der Waals surface area contributed by atoms with Crippen LogP contribution in [0.2, 0.25) is 0 Å². The number of phosphoric acid groups is 1. The van der Waals surface area contributed by atoms with Crippen molar-refractivity contribution in [2.24, 2.45) is 5.92 Å². The molecule has 0 heterocycles. The van der Waals surface area contributed by atoms with Gasteiger partial charge in [0.25, 0.3) is 0 Å². The maximum Gasteiger partial charge on any atom is 0.524 e. The van der Waals surface area contributed by atoms with Gasteiger partial charge in [0.1, 0.15) is 11.5 Å². The van der Waals surface area contributed by atoms with Crippen LogP contribution in [-0.2, 0) is 9.30 Å². The lowest BCUT2D eigenvalue weighted by atomic mass is 9.66. The molecule has 7 heteroatoms. The largest absolute Gasteiger partial charge is 0.524 e. The Balaban J connectivity index is 0.00000243. The Hall–Kier alpha value is -1.33. The van der Waals surface area contributed by atoms with Gasteiger partial charge in [0.05, 0.1) is 12.7 Å². The van der Waals surface area contributed by atoms with Crippen LogP contribution in [0.25, 0.3) is 6.08 Å². The molecule has 146 valence electrons. The molecule has 0 aliphatic heterocycles. The predicted molar refractivity (Wildman–Crippen MR) is 101 cm³/mol.